The molecule has 0 radical (unpaired) electrons. The summed E-state index contributed by atoms with van der Waals surface area (Å²) in [4.78, 5) is 27.1. The van der Waals surface area contributed by atoms with E-state index in [-0.39, 0.29) is 45.6 Å². The Hall–Kier alpha value is -3.02. The van der Waals surface area contributed by atoms with Crippen molar-refractivity contribution in [2.45, 2.75) is 56.6 Å². The van der Waals surface area contributed by atoms with Crippen molar-refractivity contribution < 1.29 is 48.6 Å². The van der Waals surface area contributed by atoms with Crippen molar-refractivity contribution in [3.05, 3.63) is 51.6 Å². The highest BCUT2D eigenvalue weighted by molar-refractivity contribution is 6.31. The number of aliphatic hydroxyl groups is 1. The van der Waals surface area contributed by atoms with Crippen molar-refractivity contribution in [2.24, 2.45) is 0 Å². The number of hydrogen-bond acceptors (Lipinski definition) is 10. The molecule has 2 aromatic rings. The number of phenols is 2. The summed E-state index contributed by atoms with van der Waals surface area (Å²) in [5.41, 5.74) is -2.22. The number of rotatable bonds is 3. The second-order valence-corrected chi connectivity index (χ2v) is 9.80. The molecule has 2 aromatic carbocycles. The zero-order valence-corrected chi connectivity index (χ0v) is 20.8. The van der Waals surface area contributed by atoms with E-state index in [9.17, 15) is 24.9 Å². The van der Waals surface area contributed by atoms with Crippen LogP contribution in [0.4, 0.5) is 0 Å². The van der Waals surface area contributed by atoms with E-state index in [1.54, 1.807) is 26.8 Å². The molecule has 0 bridgehead atoms. The number of methoxy groups -OCH3 is 3. The van der Waals surface area contributed by atoms with Crippen LogP contribution >= 0.6 is 0 Å². The number of carbonyl (C=O) groups excluding carboxylic acids is 2. The SMILES string of the molecule is COc1cccc2c1C(=O)c1c(O)c3c(c(O)c1C2=O)C[C@]1(OC(C)(C)OC1(C)OC)[C@@H](O)[C@@H]3OC. The first kappa shape index (κ1) is 24.7. The molecule has 0 aromatic heterocycles. The molecule has 1 spiro atoms. The Kier molecular flexibility index (Phi) is 5.30. The molecule has 5 rings (SSSR count). The van der Waals surface area contributed by atoms with Gasteiger partial charge in [0.1, 0.15) is 29.5 Å². The van der Waals surface area contributed by atoms with Crippen LogP contribution in [-0.2, 0) is 25.4 Å². The Morgan fingerprint density at radius 1 is 0.944 bits per heavy atom. The third kappa shape index (κ3) is 2.90. The topological polar surface area (TPSA) is 141 Å². The fraction of sp³-hybridized carbons (Fsp3) is 0.462. The summed E-state index contributed by atoms with van der Waals surface area (Å²) in [7, 11) is 4.07. The summed E-state index contributed by atoms with van der Waals surface area (Å²) < 4.78 is 28.8. The minimum Gasteiger partial charge on any atom is -0.507 e. The zero-order chi connectivity index (χ0) is 26.4. The maximum Gasteiger partial charge on any atom is 0.202 e. The normalized spacial score (nSPS) is 30.2. The Morgan fingerprint density at radius 2 is 1.61 bits per heavy atom. The van der Waals surface area contributed by atoms with Crippen LogP contribution < -0.4 is 4.74 Å². The number of ketones is 2. The third-order valence-electron chi connectivity index (χ3n) is 7.53. The summed E-state index contributed by atoms with van der Waals surface area (Å²) in [6, 6.07) is 4.55. The highest BCUT2D eigenvalue weighted by Gasteiger charge is 2.69. The van der Waals surface area contributed by atoms with Crippen molar-refractivity contribution in [3.8, 4) is 17.2 Å². The molecule has 3 aliphatic rings. The number of benzene rings is 2. The lowest BCUT2D eigenvalue weighted by Gasteiger charge is -2.48. The molecule has 4 atom stereocenters. The average molecular weight is 501 g/mol. The Morgan fingerprint density at radius 3 is 2.22 bits per heavy atom. The predicted molar refractivity (Wildman–Crippen MR) is 123 cm³/mol. The van der Waals surface area contributed by atoms with Gasteiger partial charge in [-0.05, 0) is 26.8 Å². The molecular weight excluding hydrogens is 472 g/mol. The minimum absolute atomic E-state index is 0.0156. The lowest BCUT2D eigenvalue weighted by atomic mass is 9.69. The van der Waals surface area contributed by atoms with Gasteiger partial charge in [0.15, 0.2) is 17.2 Å². The summed E-state index contributed by atoms with van der Waals surface area (Å²) in [5.74, 6) is -4.95. The van der Waals surface area contributed by atoms with Gasteiger partial charge in [-0.2, -0.15) is 0 Å². The van der Waals surface area contributed by atoms with Gasteiger partial charge in [-0.15, -0.1) is 0 Å². The van der Waals surface area contributed by atoms with Crippen LogP contribution in [0.2, 0.25) is 0 Å². The highest BCUT2D eigenvalue weighted by Crippen LogP contribution is 2.58. The van der Waals surface area contributed by atoms with E-state index in [1.807, 2.05) is 0 Å². The van der Waals surface area contributed by atoms with Crippen molar-refractivity contribution in [1.29, 1.82) is 0 Å². The number of fused-ring (bicyclic) bond motifs is 3. The highest BCUT2D eigenvalue weighted by atomic mass is 16.8. The van der Waals surface area contributed by atoms with Crippen molar-refractivity contribution in [3.63, 3.8) is 0 Å². The van der Waals surface area contributed by atoms with E-state index in [0.717, 1.165) is 0 Å². The second-order valence-electron chi connectivity index (χ2n) is 9.80. The number of aromatic hydroxyl groups is 2. The zero-order valence-electron chi connectivity index (χ0n) is 20.8. The van der Waals surface area contributed by atoms with Crippen LogP contribution in [0.5, 0.6) is 17.2 Å². The molecule has 10 heteroatoms. The van der Waals surface area contributed by atoms with Gasteiger partial charge in [0, 0.05) is 37.3 Å². The van der Waals surface area contributed by atoms with E-state index in [0.29, 0.717) is 0 Å². The molecule has 3 N–H and O–H groups in total. The first-order valence-corrected chi connectivity index (χ1v) is 11.4. The summed E-state index contributed by atoms with van der Waals surface area (Å²) >= 11 is 0. The fourth-order valence-electron chi connectivity index (χ4n) is 5.97. The number of aliphatic hydroxyl groups excluding tert-OH is 1. The van der Waals surface area contributed by atoms with Gasteiger partial charge in [0.2, 0.25) is 11.6 Å². The predicted octanol–water partition coefficient (Wildman–Crippen LogP) is 2.37. The molecule has 1 unspecified atom stereocenters. The first-order chi connectivity index (χ1) is 16.9. The van der Waals surface area contributed by atoms with Crippen LogP contribution in [0.3, 0.4) is 0 Å². The molecule has 10 nitrogen and oxygen atoms in total. The Bertz CT molecular complexity index is 1310. The van der Waals surface area contributed by atoms with E-state index in [2.05, 4.69) is 0 Å². The van der Waals surface area contributed by atoms with Gasteiger partial charge < -0.3 is 39.0 Å². The molecule has 36 heavy (non-hydrogen) atoms. The van der Waals surface area contributed by atoms with Crippen LogP contribution in [0.1, 0.15) is 69.8 Å². The summed E-state index contributed by atoms with van der Waals surface area (Å²) in [5, 5.41) is 34.4. The molecule has 0 saturated carbocycles. The smallest absolute Gasteiger partial charge is 0.202 e. The van der Waals surface area contributed by atoms with Gasteiger partial charge in [-0.25, -0.2) is 0 Å². The fourth-order valence-corrected chi connectivity index (χ4v) is 5.97. The number of carbonyl (C=O) groups is 2. The maximum absolute atomic E-state index is 13.6. The minimum atomic E-state index is -1.60. The molecular formula is C26H28O10. The van der Waals surface area contributed by atoms with Crippen molar-refractivity contribution in [1.82, 2.24) is 0 Å². The molecule has 1 fully saturated rings. The van der Waals surface area contributed by atoms with Crippen LogP contribution in [0.25, 0.3) is 0 Å². The molecule has 1 saturated heterocycles. The summed E-state index contributed by atoms with van der Waals surface area (Å²) in [6.07, 6.45) is -2.93. The van der Waals surface area contributed by atoms with E-state index in [1.165, 1.54) is 33.5 Å². The first-order valence-electron chi connectivity index (χ1n) is 11.4. The van der Waals surface area contributed by atoms with Crippen molar-refractivity contribution >= 4 is 11.6 Å². The lowest BCUT2D eigenvalue weighted by molar-refractivity contribution is -0.263. The standard InChI is InChI=1S/C26H28O10/c1-24(2)35-25(3,34-6)26(36-24)10-12-15(22(33-5)23(26)31)21(30)17-16(19(12)28)18(27)11-8-7-9-13(32-4)14(11)20(17)29/h7-9,22-23,28,30-31H,10H2,1-6H3/t22-,23+,25?,26+/m1/s1. The average Bonchev–Trinajstić information content (AvgIpc) is 3.05. The van der Waals surface area contributed by atoms with Gasteiger partial charge in [0.05, 0.1) is 23.8 Å². The third-order valence-corrected chi connectivity index (χ3v) is 7.53. The van der Waals surface area contributed by atoms with E-state index < -0.39 is 52.4 Å². The maximum atomic E-state index is 13.6. The second kappa shape index (κ2) is 7.74. The number of phenolic OH excluding ortho intramolecular Hbond substituents is 2. The Labute approximate surface area is 207 Å². The van der Waals surface area contributed by atoms with Gasteiger partial charge in [0.25, 0.3) is 0 Å². The van der Waals surface area contributed by atoms with Gasteiger partial charge >= 0.3 is 0 Å². The molecule has 1 aliphatic heterocycles. The Balaban J connectivity index is 1.80. The lowest BCUT2D eigenvalue weighted by Crippen LogP contribution is -2.63. The summed E-state index contributed by atoms with van der Waals surface area (Å²) in [6.45, 7) is 4.90. The van der Waals surface area contributed by atoms with E-state index >= 15 is 0 Å². The molecule has 0 amide bonds. The van der Waals surface area contributed by atoms with E-state index in [4.69, 9.17) is 23.7 Å². The van der Waals surface area contributed by atoms with Crippen LogP contribution in [0, 0.1) is 0 Å². The monoisotopic (exact) mass is 500 g/mol. The van der Waals surface area contributed by atoms with Gasteiger partial charge in [-0.1, -0.05) is 12.1 Å². The van der Waals surface area contributed by atoms with Gasteiger partial charge in [-0.3, -0.25) is 9.59 Å². The number of ether oxygens (including phenoxy) is 5. The molecule has 1 heterocycles. The van der Waals surface area contributed by atoms with Crippen LogP contribution in [0.15, 0.2) is 18.2 Å². The molecule has 2 aliphatic carbocycles. The van der Waals surface area contributed by atoms with Crippen molar-refractivity contribution in [2.75, 3.05) is 21.3 Å². The molecule has 192 valence electrons. The van der Waals surface area contributed by atoms with Crippen LogP contribution in [-0.4, -0.2) is 71.5 Å². The quantitative estimate of drug-likeness (QED) is 0.459. The number of hydrogen-bond donors (Lipinski definition) is 3. The largest absolute Gasteiger partial charge is 0.507 e.